The third kappa shape index (κ3) is 3.95. The Balaban J connectivity index is 2.30. The lowest BCUT2D eigenvalue weighted by molar-refractivity contribution is 0.0698. The maximum Gasteiger partial charge on any atom is 0.337 e. The van der Waals surface area contributed by atoms with Gasteiger partial charge in [0.25, 0.3) is 5.91 Å². The van der Waals surface area contributed by atoms with Gasteiger partial charge >= 0.3 is 5.97 Å². The number of carbonyl (C=O) groups is 2. The molecule has 2 N–H and O–H groups in total. The molecule has 126 valence electrons. The quantitative estimate of drug-likeness (QED) is 0.831. The topological polar surface area (TPSA) is 66.4 Å². The highest BCUT2D eigenvalue weighted by Gasteiger charge is 2.17. The summed E-state index contributed by atoms with van der Waals surface area (Å²) in [5.74, 6) is -1.49. The third-order valence-electron chi connectivity index (χ3n) is 3.79. The van der Waals surface area contributed by atoms with Crippen LogP contribution in [0.5, 0.6) is 0 Å². The van der Waals surface area contributed by atoms with E-state index in [9.17, 15) is 14.7 Å². The number of carboxylic acids is 1. The molecule has 0 spiro atoms. The van der Waals surface area contributed by atoms with E-state index in [1.807, 2.05) is 12.1 Å². The molecule has 5 heteroatoms. The molecule has 2 aromatic carbocycles. The van der Waals surface area contributed by atoms with E-state index in [1.54, 1.807) is 19.1 Å². The van der Waals surface area contributed by atoms with Crippen LogP contribution in [-0.2, 0) is 5.41 Å². The summed E-state index contributed by atoms with van der Waals surface area (Å²) in [7, 11) is 0. The van der Waals surface area contributed by atoms with E-state index in [1.165, 1.54) is 12.1 Å². The molecule has 0 aliphatic heterocycles. The Kier molecular flexibility index (Phi) is 4.99. The van der Waals surface area contributed by atoms with Gasteiger partial charge < -0.3 is 10.4 Å². The van der Waals surface area contributed by atoms with Gasteiger partial charge in [0.2, 0.25) is 0 Å². The molecule has 0 bridgehead atoms. The molecule has 0 aliphatic rings. The Morgan fingerprint density at radius 1 is 1.08 bits per heavy atom. The number of hydrogen-bond donors (Lipinski definition) is 2. The summed E-state index contributed by atoms with van der Waals surface area (Å²) in [4.78, 5) is 23.8. The van der Waals surface area contributed by atoms with Crippen LogP contribution in [0.3, 0.4) is 0 Å². The fraction of sp³-hybridized carbons (Fsp3) is 0.263. The Morgan fingerprint density at radius 3 is 2.17 bits per heavy atom. The number of nitrogens with one attached hydrogen (secondary N) is 1. The highest BCUT2D eigenvalue weighted by Crippen LogP contribution is 2.26. The predicted octanol–water partition coefficient (Wildman–Crippen LogP) is 4.90. The van der Waals surface area contributed by atoms with Crippen LogP contribution in [0, 0.1) is 6.92 Å². The van der Waals surface area contributed by atoms with Gasteiger partial charge in [-0.15, -0.1) is 0 Å². The van der Waals surface area contributed by atoms with Crippen molar-refractivity contribution in [1.82, 2.24) is 0 Å². The largest absolute Gasteiger partial charge is 0.478 e. The van der Waals surface area contributed by atoms with Crippen LogP contribution in [0.4, 0.5) is 5.69 Å². The lowest BCUT2D eigenvalue weighted by Crippen LogP contribution is -2.16. The second-order valence-corrected chi connectivity index (χ2v) is 7.14. The van der Waals surface area contributed by atoms with Crippen molar-refractivity contribution < 1.29 is 14.7 Å². The molecule has 24 heavy (non-hydrogen) atoms. The van der Waals surface area contributed by atoms with Gasteiger partial charge in [0.1, 0.15) is 0 Å². The fourth-order valence-corrected chi connectivity index (χ4v) is 2.44. The van der Waals surface area contributed by atoms with Gasteiger partial charge in [0.05, 0.1) is 11.3 Å². The second kappa shape index (κ2) is 6.65. The van der Waals surface area contributed by atoms with Gasteiger partial charge in [-0.05, 0) is 47.7 Å². The molecule has 1 amide bonds. The van der Waals surface area contributed by atoms with Crippen LogP contribution in [0.2, 0.25) is 5.02 Å². The number of carbonyl (C=O) groups excluding carboxylic acids is 1. The van der Waals surface area contributed by atoms with E-state index in [0.29, 0.717) is 16.1 Å². The molecular formula is C19H20ClNO3. The summed E-state index contributed by atoms with van der Waals surface area (Å²) in [5, 5.41) is 12.3. The zero-order valence-corrected chi connectivity index (χ0v) is 14.9. The van der Waals surface area contributed by atoms with Crippen LogP contribution in [0.25, 0.3) is 0 Å². The third-order valence-corrected chi connectivity index (χ3v) is 4.20. The normalized spacial score (nSPS) is 11.2. The first kappa shape index (κ1) is 18.0. The van der Waals surface area contributed by atoms with Gasteiger partial charge in [-0.1, -0.05) is 44.5 Å². The van der Waals surface area contributed by atoms with Crippen LogP contribution in [-0.4, -0.2) is 17.0 Å². The summed E-state index contributed by atoms with van der Waals surface area (Å²) in [6, 6.07) is 10.2. The molecule has 0 saturated heterocycles. The number of hydrogen-bond acceptors (Lipinski definition) is 2. The Bertz CT molecular complexity index is 789. The van der Waals surface area contributed by atoms with Gasteiger partial charge in [-0.25, -0.2) is 4.79 Å². The zero-order valence-electron chi connectivity index (χ0n) is 14.1. The summed E-state index contributed by atoms with van der Waals surface area (Å²) >= 11 is 6.05. The Morgan fingerprint density at radius 2 is 1.67 bits per heavy atom. The van der Waals surface area contributed by atoms with E-state index in [0.717, 1.165) is 5.56 Å². The maximum absolute atomic E-state index is 12.4. The lowest BCUT2D eigenvalue weighted by atomic mass is 9.86. The average molecular weight is 346 g/mol. The van der Waals surface area contributed by atoms with Crippen molar-refractivity contribution in [1.29, 1.82) is 0 Å². The van der Waals surface area contributed by atoms with Crippen molar-refractivity contribution in [3.05, 3.63) is 63.7 Å². The molecule has 0 fully saturated rings. The highest BCUT2D eigenvalue weighted by molar-refractivity contribution is 6.32. The molecule has 0 saturated carbocycles. The standard InChI is InChI=1S/C19H20ClNO3/c1-11-9-14(18(23)24)16(10-15(11)20)21-17(22)12-5-7-13(8-6-12)19(2,3)4/h5-10H,1-4H3,(H,21,22)(H,23,24). The first-order valence-corrected chi connectivity index (χ1v) is 7.92. The summed E-state index contributed by atoms with van der Waals surface area (Å²) in [5.41, 5.74) is 2.40. The minimum Gasteiger partial charge on any atom is -0.478 e. The van der Waals surface area contributed by atoms with E-state index >= 15 is 0 Å². The number of aryl methyl sites for hydroxylation is 1. The molecule has 4 nitrogen and oxygen atoms in total. The SMILES string of the molecule is Cc1cc(C(=O)O)c(NC(=O)c2ccc(C(C)(C)C)cc2)cc1Cl. The van der Waals surface area contributed by atoms with Gasteiger partial charge in [0.15, 0.2) is 0 Å². The molecule has 0 unspecified atom stereocenters. The van der Waals surface area contributed by atoms with Crippen molar-refractivity contribution in [3.63, 3.8) is 0 Å². The van der Waals surface area contributed by atoms with Crippen molar-refractivity contribution in [2.45, 2.75) is 33.1 Å². The molecule has 0 heterocycles. The Labute approximate surface area is 146 Å². The lowest BCUT2D eigenvalue weighted by Gasteiger charge is -2.19. The average Bonchev–Trinajstić information content (AvgIpc) is 2.49. The smallest absolute Gasteiger partial charge is 0.337 e. The number of aromatic carboxylic acids is 1. The molecule has 0 aliphatic carbocycles. The highest BCUT2D eigenvalue weighted by atomic mass is 35.5. The number of amides is 1. The number of anilines is 1. The number of rotatable bonds is 3. The molecular weight excluding hydrogens is 326 g/mol. The van der Waals surface area contributed by atoms with E-state index < -0.39 is 5.97 Å². The minimum atomic E-state index is -1.12. The van der Waals surface area contributed by atoms with Crippen molar-refractivity contribution in [2.75, 3.05) is 5.32 Å². The fourth-order valence-electron chi connectivity index (χ4n) is 2.28. The van der Waals surface area contributed by atoms with Crippen molar-refractivity contribution in [3.8, 4) is 0 Å². The Hall–Kier alpha value is -2.33. The maximum atomic E-state index is 12.4. The molecule has 0 atom stereocenters. The van der Waals surface area contributed by atoms with Crippen molar-refractivity contribution >= 4 is 29.2 Å². The van der Waals surface area contributed by atoms with E-state index in [2.05, 4.69) is 26.1 Å². The van der Waals surface area contributed by atoms with E-state index in [-0.39, 0.29) is 22.6 Å². The summed E-state index contributed by atoms with van der Waals surface area (Å²) in [6.07, 6.45) is 0. The zero-order chi connectivity index (χ0) is 18.1. The van der Waals surface area contributed by atoms with Crippen LogP contribution in [0.15, 0.2) is 36.4 Å². The summed E-state index contributed by atoms with van der Waals surface area (Å²) in [6.45, 7) is 7.99. The van der Waals surface area contributed by atoms with E-state index in [4.69, 9.17) is 11.6 Å². The first-order valence-electron chi connectivity index (χ1n) is 7.55. The number of benzene rings is 2. The molecule has 0 aromatic heterocycles. The monoisotopic (exact) mass is 345 g/mol. The van der Waals surface area contributed by atoms with Crippen LogP contribution >= 0.6 is 11.6 Å². The first-order chi connectivity index (χ1) is 11.1. The second-order valence-electron chi connectivity index (χ2n) is 6.73. The molecule has 2 aromatic rings. The van der Waals surface area contributed by atoms with Gasteiger partial charge in [-0.3, -0.25) is 4.79 Å². The molecule has 0 radical (unpaired) electrons. The molecule has 2 rings (SSSR count). The van der Waals surface area contributed by atoms with Crippen molar-refractivity contribution in [2.24, 2.45) is 0 Å². The van der Waals surface area contributed by atoms with Gasteiger partial charge in [0, 0.05) is 10.6 Å². The number of halogens is 1. The predicted molar refractivity (Wildman–Crippen MR) is 96.2 cm³/mol. The summed E-state index contributed by atoms with van der Waals surface area (Å²) < 4.78 is 0. The van der Waals surface area contributed by atoms with Crippen LogP contribution < -0.4 is 5.32 Å². The van der Waals surface area contributed by atoms with Gasteiger partial charge in [-0.2, -0.15) is 0 Å². The number of carboxylic acid groups (broad SMARTS) is 1. The minimum absolute atomic E-state index is 0.00400. The van der Waals surface area contributed by atoms with Crippen LogP contribution in [0.1, 0.15) is 52.6 Å².